The average Bonchev–Trinajstić information content (AvgIpc) is 3.04. The molecule has 0 amide bonds. The number of halogens is 3. The summed E-state index contributed by atoms with van der Waals surface area (Å²) in [6.45, 7) is 0.201. The van der Waals surface area contributed by atoms with Gasteiger partial charge in [0.2, 0.25) is 0 Å². The molecule has 0 fully saturated rings. The highest BCUT2D eigenvalue weighted by atomic mass is 35.5. The molecule has 1 heterocycles. The lowest BCUT2D eigenvalue weighted by Gasteiger charge is -2.16. The molecule has 0 bridgehead atoms. The van der Waals surface area contributed by atoms with Crippen LogP contribution in [0.25, 0.3) is 0 Å². The largest absolute Gasteiger partial charge is 0.294 e. The Morgan fingerprint density at radius 3 is 2.67 bits per heavy atom. The fraction of sp³-hybridized carbons (Fsp3) is 0.267. The Morgan fingerprint density at radius 1 is 1.21 bits per heavy atom. The molecule has 1 aliphatic carbocycles. The molecule has 0 spiro atoms. The Kier molecular flexibility index (Phi) is 4.99. The number of aromatic nitrogens is 4. The standard InChI is InChI=1S/C15H11Cl3N4O2/c16-10-5-4-8(14(18)9(10)6-22-7-19-20-21-22)15(24)13-11(17)2-1-3-12(13)23/h4-5,7H,1-3,6H2. The summed E-state index contributed by atoms with van der Waals surface area (Å²) in [6, 6.07) is 3.05. The van der Waals surface area contributed by atoms with Crippen LogP contribution >= 0.6 is 34.8 Å². The second-order valence-electron chi connectivity index (χ2n) is 5.28. The molecule has 124 valence electrons. The summed E-state index contributed by atoms with van der Waals surface area (Å²) in [5.41, 5.74) is 0.699. The fourth-order valence-electron chi connectivity index (χ4n) is 2.52. The Hall–Kier alpha value is -1.76. The second-order valence-corrected chi connectivity index (χ2v) is 6.52. The van der Waals surface area contributed by atoms with E-state index >= 15 is 0 Å². The van der Waals surface area contributed by atoms with Crippen molar-refractivity contribution in [3.63, 3.8) is 0 Å². The molecule has 2 aromatic rings. The molecule has 0 radical (unpaired) electrons. The second kappa shape index (κ2) is 7.01. The smallest absolute Gasteiger partial charge is 0.199 e. The molecular formula is C15H11Cl3N4O2. The van der Waals surface area contributed by atoms with Gasteiger partial charge in [-0.25, -0.2) is 4.68 Å². The number of tetrazole rings is 1. The molecule has 3 rings (SSSR count). The number of Topliss-reactive ketones (excluding diaryl/α,β-unsaturated/α-hetero) is 2. The van der Waals surface area contributed by atoms with Crippen molar-refractivity contribution in [3.8, 4) is 0 Å². The predicted octanol–water partition coefficient (Wildman–Crippen LogP) is 3.46. The molecule has 0 unspecified atom stereocenters. The third-order valence-electron chi connectivity index (χ3n) is 3.72. The minimum absolute atomic E-state index is 0.0144. The zero-order valence-electron chi connectivity index (χ0n) is 12.3. The van der Waals surface area contributed by atoms with Crippen molar-refractivity contribution in [2.75, 3.05) is 0 Å². The number of carbonyl (C=O) groups is 2. The highest BCUT2D eigenvalue weighted by Crippen LogP contribution is 2.33. The Bertz CT molecular complexity index is 847. The first-order chi connectivity index (χ1) is 11.5. The summed E-state index contributed by atoms with van der Waals surface area (Å²) in [6.07, 6.45) is 2.87. The molecule has 6 nitrogen and oxygen atoms in total. The molecule has 0 N–H and O–H groups in total. The molecule has 1 aromatic heterocycles. The monoisotopic (exact) mass is 384 g/mol. The number of benzene rings is 1. The molecule has 0 aliphatic heterocycles. The van der Waals surface area contributed by atoms with Gasteiger partial charge in [-0.15, -0.1) is 5.10 Å². The number of hydrogen-bond acceptors (Lipinski definition) is 5. The summed E-state index contributed by atoms with van der Waals surface area (Å²) in [7, 11) is 0. The number of nitrogens with zero attached hydrogens (tertiary/aromatic N) is 4. The molecule has 1 aromatic carbocycles. The highest BCUT2D eigenvalue weighted by molar-refractivity contribution is 6.43. The Balaban J connectivity index is 2.03. The van der Waals surface area contributed by atoms with Crippen LogP contribution in [0.3, 0.4) is 0 Å². The van der Waals surface area contributed by atoms with E-state index in [1.165, 1.54) is 17.1 Å². The van der Waals surface area contributed by atoms with Gasteiger partial charge in [-0.2, -0.15) is 0 Å². The Morgan fingerprint density at radius 2 is 2.00 bits per heavy atom. The number of allylic oxidation sites excluding steroid dienone is 2. The van der Waals surface area contributed by atoms with Crippen LogP contribution in [0.4, 0.5) is 0 Å². The first-order valence-corrected chi connectivity index (χ1v) is 8.26. The number of carbonyl (C=O) groups excluding carboxylic acids is 2. The predicted molar refractivity (Wildman–Crippen MR) is 89.4 cm³/mol. The zero-order chi connectivity index (χ0) is 17.3. The van der Waals surface area contributed by atoms with Crippen LogP contribution in [-0.4, -0.2) is 31.8 Å². The normalized spacial score (nSPS) is 15.0. The molecular weight excluding hydrogens is 375 g/mol. The molecule has 0 saturated carbocycles. The Labute approximate surface area is 152 Å². The minimum Gasteiger partial charge on any atom is -0.294 e. The lowest BCUT2D eigenvalue weighted by atomic mass is 9.91. The van der Waals surface area contributed by atoms with E-state index in [0.717, 1.165) is 0 Å². The van der Waals surface area contributed by atoms with E-state index in [1.807, 2.05) is 0 Å². The van der Waals surface area contributed by atoms with Gasteiger partial charge in [0, 0.05) is 27.6 Å². The van der Waals surface area contributed by atoms with Gasteiger partial charge in [0.05, 0.1) is 17.1 Å². The maximum Gasteiger partial charge on any atom is 0.199 e. The minimum atomic E-state index is -0.482. The third kappa shape index (κ3) is 3.22. The van der Waals surface area contributed by atoms with Crippen LogP contribution in [0.2, 0.25) is 10.0 Å². The van der Waals surface area contributed by atoms with Crippen molar-refractivity contribution in [2.45, 2.75) is 25.8 Å². The van der Waals surface area contributed by atoms with E-state index in [1.54, 1.807) is 6.07 Å². The zero-order valence-corrected chi connectivity index (χ0v) is 14.6. The SMILES string of the molecule is O=C1CCCC(Cl)=C1C(=O)c1ccc(Cl)c(Cn2cnnn2)c1Cl. The van der Waals surface area contributed by atoms with Crippen molar-refractivity contribution < 1.29 is 9.59 Å². The van der Waals surface area contributed by atoms with Gasteiger partial charge in [-0.1, -0.05) is 34.8 Å². The number of rotatable bonds is 4. The van der Waals surface area contributed by atoms with Crippen molar-refractivity contribution >= 4 is 46.4 Å². The van der Waals surface area contributed by atoms with E-state index in [-0.39, 0.29) is 33.5 Å². The maximum absolute atomic E-state index is 12.8. The van der Waals surface area contributed by atoms with Gasteiger partial charge in [0.25, 0.3) is 0 Å². The molecule has 0 saturated heterocycles. The topological polar surface area (TPSA) is 77.7 Å². The van der Waals surface area contributed by atoms with Crippen molar-refractivity contribution in [1.82, 2.24) is 20.2 Å². The van der Waals surface area contributed by atoms with Crippen LogP contribution in [0.15, 0.2) is 29.1 Å². The highest BCUT2D eigenvalue weighted by Gasteiger charge is 2.28. The van der Waals surface area contributed by atoms with Gasteiger partial charge < -0.3 is 0 Å². The maximum atomic E-state index is 12.8. The summed E-state index contributed by atoms with van der Waals surface area (Å²) >= 11 is 18.7. The van der Waals surface area contributed by atoms with Gasteiger partial charge in [-0.3, -0.25) is 9.59 Å². The molecule has 24 heavy (non-hydrogen) atoms. The van der Waals surface area contributed by atoms with Crippen LogP contribution in [0.1, 0.15) is 35.2 Å². The van der Waals surface area contributed by atoms with Gasteiger partial charge in [0.15, 0.2) is 11.6 Å². The van der Waals surface area contributed by atoms with Crippen molar-refractivity contribution in [1.29, 1.82) is 0 Å². The molecule has 0 atom stereocenters. The fourth-order valence-corrected chi connectivity index (χ4v) is 3.42. The summed E-state index contributed by atoms with van der Waals surface area (Å²) < 4.78 is 1.43. The van der Waals surface area contributed by atoms with E-state index in [0.29, 0.717) is 29.8 Å². The van der Waals surface area contributed by atoms with Gasteiger partial charge in [0.1, 0.15) is 6.33 Å². The van der Waals surface area contributed by atoms with Crippen LogP contribution < -0.4 is 0 Å². The molecule has 1 aliphatic rings. The number of ketones is 2. The summed E-state index contributed by atoms with van der Waals surface area (Å²) in [4.78, 5) is 24.8. The van der Waals surface area contributed by atoms with E-state index in [9.17, 15) is 9.59 Å². The van der Waals surface area contributed by atoms with E-state index in [2.05, 4.69) is 15.5 Å². The quantitative estimate of drug-likeness (QED) is 0.595. The van der Waals surface area contributed by atoms with E-state index < -0.39 is 5.78 Å². The lowest BCUT2D eigenvalue weighted by molar-refractivity contribution is -0.115. The van der Waals surface area contributed by atoms with Crippen LogP contribution in [-0.2, 0) is 11.3 Å². The first-order valence-electron chi connectivity index (χ1n) is 7.13. The van der Waals surface area contributed by atoms with Gasteiger partial charge in [-0.05, 0) is 35.4 Å². The summed E-state index contributed by atoms with van der Waals surface area (Å²) in [5, 5.41) is 11.7. The number of hydrogen-bond donors (Lipinski definition) is 0. The third-order valence-corrected chi connectivity index (χ3v) is 4.88. The van der Waals surface area contributed by atoms with Crippen molar-refractivity contribution in [3.05, 3.63) is 50.2 Å². The van der Waals surface area contributed by atoms with Crippen molar-refractivity contribution in [2.24, 2.45) is 0 Å². The van der Waals surface area contributed by atoms with Gasteiger partial charge >= 0.3 is 0 Å². The van der Waals surface area contributed by atoms with Crippen LogP contribution in [0.5, 0.6) is 0 Å². The lowest BCUT2D eigenvalue weighted by Crippen LogP contribution is -2.19. The molecule has 9 heteroatoms. The van der Waals surface area contributed by atoms with Crippen LogP contribution in [0, 0.1) is 0 Å². The summed E-state index contributed by atoms with van der Waals surface area (Å²) in [5.74, 6) is -0.742. The van der Waals surface area contributed by atoms with E-state index in [4.69, 9.17) is 34.8 Å². The average molecular weight is 386 g/mol. The first kappa shape index (κ1) is 17.1.